The van der Waals surface area contributed by atoms with E-state index in [4.69, 9.17) is 14.2 Å². The van der Waals surface area contributed by atoms with Crippen LogP contribution >= 0.6 is 0 Å². The first-order chi connectivity index (χ1) is 19.3. The number of ether oxygens (including phenoxy) is 3. The number of hydrogen-bond acceptors (Lipinski definition) is 9. The van der Waals surface area contributed by atoms with Crippen molar-refractivity contribution in [1.29, 1.82) is 0 Å². The van der Waals surface area contributed by atoms with E-state index in [9.17, 15) is 30.3 Å². The molecule has 1 saturated carbocycles. The quantitative estimate of drug-likeness (QED) is 0.110. The van der Waals surface area contributed by atoms with Crippen LogP contribution in [0.1, 0.15) is 37.8 Å². The lowest BCUT2D eigenvalue weighted by molar-refractivity contribution is -0.313. The Bertz CT molecular complexity index is 1560. The largest absolute Gasteiger partial charge is 0.422 e. The smallest absolute Gasteiger partial charge is 0.343 e. The number of esters is 1. The Morgan fingerprint density at radius 1 is 1.02 bits per heavy atom. The molecule has 1 aromatic heterocycles. The number of H-pyrrole nitrogens is 1. The summed E-state index contributed by atoms with van der Waals surface area (Å²) in [7, 11) is 0. The second-order valence-corrected chi connectivity index (χ2v) is 10.8. The van der Waals surface area contributed by atoms with Crippen molar-refractivity contribution in [2.45, 2.75) is 68.4 Å². The standard InChI is InChI=1S/C30H33NO9/c32-12-5-13-38-25-26(40-30(37,27(25)34)29(36)10-3-4-11-29)28(35)39-24-22(16-33)31-21-9-8-19-14-17-6-1-2-7-18(17)15-20(19)23(21)24/h1-2,6-9,14-15,25-27,31-34,36-37H,3-5,10-13,16H2/t25-,26+,27+,30+/m0/s1. The monoisotopic (exact) mass is 551 g/mol. The molecule has 1 saturated heterocycles. The molecule has 0 spiro atoms. The lowest BCUT2D eigenvalue weighted by Gasteiger charge is -2.39. The molecule has 4 aromatic rings. The van der Waals surface area contributed by atoms with Gasteiger partial charge in [-0.1, -0.05) is 43.2 Å². The van der Waals surface area contributed by atoms with Crippen molar-refractivity contribution in [2.24, 2.45) is 0 Å². The van der Waals surface area contributed by atoms with Crippen LogP contribution < -0.4 is 4.74 Å². The molecule has 0 bridgehead atoms. The van der Waals surface area contributed by atoms with Gasteiger partial charge in [0.25, 0.3) is 0 Å². The summed E-state index contributed by atoms with van der Waals surface area (Å²) in [6.45, 7) is -0.642. The van der Waals surface area contributed by atoms with Gasteiger partial charge in [0.05, 0.1) is 23.2 Å². The molecule has 4 atom stereocenters. The van der Waals surface area contributed by atoms with Gasteiger partial charge in [0, 0.05) is 13.2 Å². The van der Waals surface area contributed by atoms with Crippen LogP contribution in [-0.4, -0.2) is 79.4 Å². The summed E-state index contributed by atoms with van der Waals surface area (Å²) >= 11 is 0. The van der Waals surface area contributed by atoms with Gasteiger partial charge in [-0.25, -0.2) is 4.79 Å². The zero-order valence-corrected chi connectivity index (χ0v) is 21.9. The van der Waals surface area contributed by atoms with Crippen molar-refractivity contribution in [3.63, 3.8) is 0 Å². The van der Waals surface area contributed by atoms with Crippen molar-refractivity contribution in [2.75, 3.05) is 13.2 Å². The summed E-state index contributed by atoms with van der Waals surface area (Å²) in [6.07, 6.45) is -2.86. The summed E-state index contributed by atoms with van der Waals surface area (Å²) in [5, 5.41) is 57.3. The molecule has 10 nitrogen and oxygen atoms in total. The maximum atomic E-state index is 13.7. The fourth-order valence-electron chi connectivity index (χ4n) is 6.18. The normalized spacial score (nSPS) is 26.3. The molecule has 3 aromatic carbocycles. The zero-order chi connectivity index (χ0) is 28.1. The maximum absolute atomic E-state index is 13.7. The predicted molar refractivity (Wildman–Crippen MR) is 146 cm³/mol. The Labute approximate surface area is 229 Å². The number of fused-ring (bicyclic) bond motifs is 4. The molecule has 212 valence electrons. The van der Waals surface area contributed by atoms with Crippen LogP contribution in [0.2, 0.25) is 0 Å². The fraction of sp³-hybridized carbons (Fsp3) is 0.433. The van der Waals surface area contributed by atoms with Gasteiger partial charge in [0.2, 0.25) is 5.79 Å². The van der Waals surface area contributed by atoms with Crippen LogP contribution in [0.5, 0.6) is 5.75 Å². The molecule has 1 aliphatic carbocycles. The first-order valence-electron chi connectivity index (χ1n) is 13.6. The van der Waals surface area contributed by atoms with E-state index in [1.54, 1.807) is 0 Å². The van der Waals surface area contributed by atoms with Gasteiger partial charge in [-0.15, -0.1) is 0 Å². The Hall–Kier alpha value is -3.09. The van der Waals surface area contributed by atoms with Crippen molar-refractivity contribution < 1.29 is 44.5 Å². The summed E-state index contributed by atoms with van der Waals surface area (Å²) in [5.74, 6) is -3.31. The highest BCUT2D eigenvalue weighted by atomic mass is 16.7. The Kier molecular flexibility index (Phi) is 7.04. The summed E-state index contributed by atoms with van der Waals surface area (Å²) in [5.41, 5.74) is -0.853. The average Bonchev–Trinajstić information content (AvgIpc) is 3.64. The molecule has 2 heterocycles. The van der Waals surface area contributed by atoms with Gasteiger partial charge in [0.1, 0.15) is 17.8 Å². The van der Waals surface area contributed by atoms with E-state index in [2.05, 4.69) is 4.98 Å². The molecule has 40 heavy (non-hydrogen) atoms. The van der Waals surface area contributed by atoms with Crippen molar-refractivity contribution in [3.05, 3.63) is 54.2 Å². The second-order valence-electron chi connectivity index (χ2n) is 10.8. The van der Waals surface area contributed by atoms with Crippen LogP contribution in [0.4, 0.5) is 0 Å². The average molecular weight is 552 g/mol. The molecule has 0 amide bonds. The minimum atomic E-state index is -2.46. The van der Waals surface area contributed by atoms with E-state index < -0.39 is 42.3 Å². The number of carbonyl (C=O) groups excluding carboxylic acids is 1. The van der Waals surface area contributed by atoms with Crippen LogP contribution in [0.3, 0.4) is 0 Å². The first kappa shape index (κ1) is 27.1. The van der Waals surface area contributed by atoms with E-state index >= 15 is 0 Å². The highest BCUT2D eigenvalue weighted by Crippen LogP contribution is 2.47. The number of carbonyl (C=O) groups is 1. The highest BCUT2D eigenvalue weighted by molar-refractivity contribution is 6.14. The molecule has 0 radical (unpaired) electrons. The molecule has 2 fully saturated rings. The lowest BCUT2D eigenvalue weighted by Crippen LogP contribution is -2.60. The Morgan fingerprint density at radius 2 is 1.75 bits per heavy atom. The van der Waals surface area contributed by atoms with Gasteiger partial charge in [-0.05, 0) is 59.0 Å². The summed E-state index contributed by atoms with van der Waals surface area (Å²) < 4.78 is 17.3. The Morgan fingerprint density at radius 3 is 2.45 bits per heavy atom. The van der Waals surface area contributed by atoms with Crippen LogP contribution in [-0.2, 0) is 20.9 Å². The number of benzene rings is 3. The molecule has 1 aliphatic heterocycles. The lowest BCUT2D eigenvalue weighted by atomic mass is 9.86. The second kappa shape index (κ2) is 10.4. The van der Waals surface area contributed by atoms with Crippen molar-refractivity contribution in [3.8, 4) is 5.75 Å². The fourth-order valence-corrected chi connectivity index (χ4v) is 6.18. The minimum absolute atomic E-state index is 0.0213. The molecule has 6 rings (SSSR count). The minimum Gasteiger partial charge on any atom is -0.422 e. The third-order valence-corrected chi connectivity index (χ3v) is 8.29. The predicted octanol–water partition coefficient (Wildman–Crippen LogP) is 2.39. The third-order valence-electron chi connectivity index (χ3n) is 8.29. The van der Waals surface area contributed by atoms with Crippen LogP contribution in [0.25, 0.3) is 32.4 Å². The summed E-state index contributed by atoms with van der Waals surface area (Å²) in [6, 6.07) is 15.7. The van der Waals surface area contributed by atoms with E-state index in [-0.39, 0.29) is 43.9 Å². The SMILES string of the molecule is O=C(Oc1c(CO)[nH]c2ccc3cc4ccccc4cc3c12)[C@@H]1O[C@@](O)(C2(O)CCCC2)[C@H](O)[C@H]1OCCCO. The van der Waals surface area contributed by atoms with E-state index in [0.717, 1.165) is 21.5 Å². The molecular weight excluding hydrogens is 518 g/mol. The number of rotatable bonds is 8. The van der Waals surface area contributed by atoms with Gasteiger partial charge < -0.3 is 44.7 Å². The molecule has 2 aliphatic rings. The number of nitrogens with one attached hydrogen (secondary N) is 1. The highest BCUT2D eigenvalue weighted by Gasteiger charge is 2.67. The Balaban J connectivity index is 1.40. The van der Waals surface area contributed by atoms with E-state index in [0.29, 0.717) is 23.7 Å². The van der Waals surface area contributed by atoms with Gasteiger partial charge >= 0.3 is 5.97 Å². The summed E-state index contributed by atoms with van der Waals surface area (Å²) in [4.78, 5) is 16.8. The zero-order valence-electron chi connectivity index (χ0n) is 21.9. The molecular formula is C30H33NO9. The maximum Gasteiger partial charge on any atom is 0.343 e. The van der Waals surface area contributed by atoms with Crippen molar-refractivity contribution in [1.82, 2.24) is 4.98 Å². The first-order valence-corrected chi connectivity index (χ1v) is 13.6. The van der Waals surface area contributed by atoms with Gasteiger partial charge in [-0.3, -0.25) is 0 Å². The third kappa shape index (κ3) is 4.27. The van der Waals surface area contributed by atoms with E-state index in [1.165, 1.54) is 0 Å². The van der Waals surface area contributed by atoms with Gasteiger partial charge in [0.15, 0.2) is 11.9 Å². The number of aliphatic hydroxyl groups is 5. The topological polar surface area (TPSA) is 162 Å². The van der Waals surface area contributed by atoms with Crippen molar-refractivity contribution >= 4 is 38.4 Å². The molecule has 0 unspecified atom stereocenters. The van der Waals surface area contributed by atoms with Gasteiger partial charge in [-0.2, -0.15) is 0 Å². The number of hydrogen-bond donors (Lipinski definition) is 6. The molecule has 10 heteroatoms. The van der Waals surface area contributed by atoms with E-state index in [1.807, 2.05) is 48.5 Å². The number of aromatic nitrogens is 1. The van der Waals surface area contributed by atoms with Crippen LogP contribution in [0.15, 0.2) is 48.5 Å². The molecule has 6 N–H and O–H groups in total. The van der Waals surface area contributed by atoms with Crippen LogP contribution in [0, 0.1) is 0 Å². The number of aromatic amines is 1. The number of aliphatic hydroxyl groups excluding tert-OH is 3.